The fraction of sp³-hybridized carbons (Fsp3) is 0.375. The molecule has 3 N–H and O–H groups in total. The second kappa shape index (κ2) is 14.5. The molecule has 9 nitrogen and oxygen atoms in total. The number of aliphatic imine (C=N–C) groups is 1. The van der Waals surface area contributed by atoms with Crippen molar-refractivity contribution >= 4 is 50.8 Å². The molecule has 0 fully saturated rings. The maximum absolute atomic E-state index is 12.4. The topological polar surface area (TPSA) is 128 Å². The van der Waals surface area contributed by atoms with Gasteiger partial charge < -0.3 is 20.6 Å². The number of aliphatic carboxylic acids is 1. The van der Waals surface area contributed by atoms with Crippen LogP contribution in [-0.4, -0.2) is 81.4 Å². The van der Waals surface area contributed by atoms with Gasteiger partial charge in [0.1, 0.15) is 11.7 Å². The highest BCUT2D eigenvalue weighted by Gasteiger charge is 2.38. The van der Waals surface area contributed by atoms with Gasteiger partial charge in [-0.2, -0.15) is 13.2 Å². The Labute approximate surface area is 233 Å². The molecule has 0 aliphatic carbocycles. The molecule has 0 saturated heterocycles. The SMILES string of the molecule is CN(CCc1ccc(C2=NCCN2)cc1)C(=O)CCNCS(=O)(=O)c1cc(Cl)cc(Cl)c1.O=C(O)C(F)(F)F. The molecule has 3 rings (SSSR count). The zero-order chi connectivity index (χ0) is 29.2. The largest absolute Gasteiger partial charge is 0.490 e. The van der Waals surface area contributed by atoms with Crippen molar-refractivity contribution in [1.82, 2.24) is 15.5 Å². The first-order chi connectivity index (χ1) is 18.2. The van der Waals surface area contributed by atoms with Crippen LogP contribution in [0.2, 0.25) is 10.0 Å². The molecule has 39 heavy (non-hydrogen) atoms. The number of carboxylic acids is 1. The normalized spacial score (nSPS) is 13.1. The highest BCUT2D eigenvalue weighted by atomic mass is 35.5. The summed E-state index contributed by atoms with van der Waals surface area (Å²) in [5.74, 6) is -2.18. The van der Waals surface area contributed by atoms with E-state index in [1.54, 1.807) is 11.9 Å². The van der Waals surface area contributed by atoms with Crippen LogP contribution < -0.4 is 10.6 Å². The molecular weight excluding hydrogens is 584 g/mol. The number of carbonyl (C=O) groups excluding carboxylic acids is 1. The highest BCUT2D eigenvalue weighted by Crippen LogP contribution is 2.22. The lowest BCUT2D eigenvalue weighted by atomic mass is 10.1. The smallest absolute Gasteiger partial charge is 0.475 e. The number of amides is 1. The third-order valence-corrected chi connectivity index (χ3v) is 7.28. The number of alkyl halides is 3. The van der Waals surface area contributed by atoms with Crippen molar-refractivity contribution in [2.45, 2.75) is 23.9 Å². The molecule has 0 aromatic heterocycles. The van der Waals surface area contributed by atoms with Crippen LogP contribution in [0.3, 0.4) is 0 Å². The van der Waals surface area contributed by atoms with E-state index in [2.05, 4.69) is 15.6 Å². The predicted octanol–water partition coefficient (Wildman–Crippen LogP) is 3.39. The summed E-state index contributed by atoms with van der Waals surface area (Å²) in [7, 11) is -1.85. The summed E-state index contributed by atoms with van der Waals surface area (Å²) >= 11 is 11.8. The van der Waals surface area contributed by atoms with Gasteiger partial charge in [-0.15, -0.1) is 0 Å². The summed E-state index contributed by atoms with van der Waals surface area (Å²) in [6, 6.07) is 12.3. The first-order valence-corrected chi connectivity index (χ1v) is 13.9. The molecule has 1 aliphatic heterocycles. The Hall–Kier alpha value is -2.87. The number of nitrogens with one attached hydrogen (secondary N) is 2. The van der Waals surface area contributed by atoms with E-state index < -0.39 is 22.0 Å². The number of likely N-dealkylation sites (N-methyl/N-ethyl adjacent to an activating group) is 1. The van der Waals surface area contributed by atoms with E-state index >= 15 is 0 Å². The van der Waals surface area contributed by atoms with Crippen LogP contribution in [0, 0.1) is 0 Å². The number of nitrogens with zero attached hydrogens (tertiary/aromatic N) is 2. The number of benzene rings is 2. The fourth-order valence-electron chi connectivity index (χ4n) is 3.23. The summed E-state index contributed by atoms with van der Waals surface area (Å²) in [6.07, 6.45) is -4.15. The quantitative estimate of drug-likeness (QED) is 0.352. The number of carboxylic acid groups (broad SMARTS) is 1. The van der Waals surface area contributed by atoms with Crippen LogP contribution in [0.4, 0.5) is 13.2 Å². The fourth-order valence-corrected chi connectivity index (χ4v) is 5.07. The number of sulfone groups is 1. The molecule has 2 aromatic carbocycles. The summed E-state index contributed by atoms with van der Waals surface area (Å²) in [5, 5.41) is 13.7. The third-order valence-electron chi connectivity index (χ3n) is 5.31. The van der Waals surface area contributed by atoms with E-state index in [1.807, 2.05) is 24.3 Å². The van der Waals surface area contributed by atoms with Gasteiger partial charge in [-0.05, 0) is 30.2 Å². The van der Waals surface area contributed by atoms with Crippen molar-refractivity contribution in [3.05, 3.63) is 63.6 Å². The molecule has 2 aromatic rings. The lowest BCUT2D eigenvalue weighted by molar-refractivity contribution is -0.192. The first kappa shape index (κ1) is 32.3. The average molecular weight is 611 g/mol. The van der Waals surface area contributed by atoms with Crippen molar-refractivity contribution < 1.29 is 36.3 Å². The monoisotopic (exact) mass is 610 g/mol. The van der Waals surface area contributed by atoms with Gasteiger partial charge in [0.2, 0.25) is 5.91 Å². The van der Waals surface area contributed by atoms with E-state index in [0.29, 0.717) is 6.54 Å². The molecule has 0 saturated carbocycles. The van der Waals surface area contributed by atoms with E-state index in [0.717, 1.165) is 36.5 Å². The molecule has 15 heteroatoms. The van der Waals surface area contributed by atoms with Crippen LogP contribution in [0.25, 0.3) is 0 Å². The third kappa shape index (κ3) is 11.0. The summed E-state index contributed by atoms with van der Waals surface area (Å²) in [6.45, 7) is 2.51. The molecule has 1 aliphatic rings. The van der Waals surface area contributed by atoms with Gasteiger partial charge in [0, 0.05) is 48.7 Å². The molecule has 0 spiro atoms. The average Bonchev–Trinajstić information content (AvgIpc) is 3.39. The van der Waals surface area contributed by atoms with Gasteiger partial charge in [0.15, 0.2) is 9.84 Å². The van der Waals surface area contributed by atoms with Crippen molar-refractivity contribution in [3.8, 4) is 0 Å². The van der Waals surface area contributed by atoms with E-state index in [1.165, 1.54) is 18.2 Å². The number of carbonyl (C=O) groups is 2. The van der Waals surface area contributed by atoms with Crippen molar-refractivity contribution in [1.29, 1.82) is 0 Å². The van der Waals surface area contributed by atoms with Crippen LogP contribution >= 0.6 is 23.2 Å². The first-order valence-electron chi connectivity index (χ1n) is 11.5. The minimum Gasteiger partial charge on any atom is -0.475 e. The Morgan fingerprint density at radius 2 is 1.72 bits per heavy atom. The minimum atomic E-state index is -5.08. The number of hydrogen-bond donors (Lipinski definition) is 3. The highest BCUT2D eigenvalue weighted by molar-refractivity contribution is 7.91. The van der Waals surface area contributed by atoms with E-state index in [-0.39, 0.29) is 39.7 Å². The number of rotatable bonds is 10. The lowest BCUT2D eigenvalue weighted by Gasteiger charge is -2.17. The van der Waals surface area contributed by atoms with Crippen LogP contribution in [0.15, 0.2) is 52.4 Å². The summed E-state index contributed by atoms with van der Waals surface area (Å²) < 4.78 is 56.5. The van der Waals surface area contributed by atoms with Crippen molar-refractivity contribution in [3.63, 3.8) is 0 Å². The zero-order valence-electron chi connectivity index (χ0n) is 20.8. The second-order valence-electron chi connectivity index (χ2n) is 8.34. The van der Waals surface area contributed by atoms with Crippen molar-refractivity contribution in [2.75, 3.05) is 39.1 Å². The Morgan fingerprint density at radius 1 is 1.13 bits per heavy atom. The number of halogens is 5. The molecular formula is C24H27Cl2F3N4O5S. The van der Waals surface area contributed by atoms with Crippen molar-refractivity contribution in [2.24, 2.45) is 4.99 Å². The molecule has 0 atom stereocenters. The maximum Gasteiger partial charge on any atom is 0.490 e. The summed E-state index contributed by atoms with van der Waals surface area (Å²) in [4.78, 5) is 27.4. The van der Waals surface area contributed by atoms with E-state index in [9.17, 15) is 26.4 Å². The number of amidine groups is 1. The molecule has 0 bridgehead atoms. The summed E-state index contributed by atoms with van der Waals surface area (Å²) in [5.41, 5.74) is 2.20. The van der Waals surface area contributed by atoms with Crippen LogP contribution in [0.1, 0.15) is 17.5 Å². The molecule has 214 valence electrons. The molecule has 0 unspecified atom stereocenters. The zero-order valence-corrected chi connectivity index (χ0v) is 23.1. The van der Waals surface area contributed by atoms with Gasteiger partial charge in [0.05, 0.1) is 11.4 Å². The standard InChI is InChI=1S/C22H26Cl2N4O3S.C2HF3O2/c1-28(11-7-16-2-4-17(5-3-16)22-26-9-10-27-22)21(29)6-8-25-15-32(30,31)20-13-18(23)12-19(24)14-20;3-2(4,5)1(6)7/h2-5,12-14,25H,6-11,15H2,1H3,(H,26,27);(H,6,7). The van der Waals surface area contributed by atoms with Gasteiger partial charge >= 0.3 is 12.1 Å². The molecule has 1 heterocycles. The Balaban J connectivity index is 0.000000673. The molecule has 0 radical (unpaired) electrons. The Kier molecular flexibility index (Phi) is 12.0. The van der Waals surface area contributed by atoms with Crippen LogP contribution in [0.5, 0.6) is 0 Å². The molecule has 1 amide bonds. The lowest BCUT2D eigenvalue weighted by Crippen LogP contribution is -2.32. The predicted molar refractivity (Wildman–Crippen MR) is 142 cm³/mol. The van der Waals surface area contributed by atoms with Gasteiger partial charge in [-0.1, -0.05) is 47.5 Å². The van der Waals surface area contributed by atoms with Gasteiger partial charge in [0.25, 0.3) is 0 Å². The Bertz CT molecular complexity index is 1270. The van der Waals surface area contributed by atoms with Gasteiger partial charge in [-0.3, -0.25) is 9.79 Å². The minimum absolute atomic E-state index is 0.0488. The number of hydrogen-bond acceptors (Lipinski definition) is 7. The van der Waals surface area contributed by atoms with E-state index in [4.69, 9.17) is 33.1 Å². The van der Waals surface area contributed by atoms with Gasteiger partial charge in [-0.25, -0.2) is 13.2 Å². The second-order valence-corrected chi connectivity index (χ2v) is 11.2. The van der Waals surface area contributed by atoms with Crippen LogP contribution in [-0.2, 0) is 25.8 Å². The maximum atomic E-state index is 12.4. The Morgan fingerprint density at radius 3 is 2.23 bits per heavy atom.